The first-order valence-corrected chi connectivity index (χ1v) is 11.1. The van der Waals surface area contributed by atoms with Gasteiger partial charge in [-0.15, -0.1) is 0 Å². The lowest BCUT2D eigenvalue weighted by atomic mass is 10.2. The summed E-state index contributed by atoms with van der Waals surface area (Å²) in [4.78, 5) is 40.8. The van der Waals surface area contributed by atoms with Crippen molar-refractivity contribution in [2.75, 3.05) is 6.61 Å². The lowest BCUT2D eigenvalue weighted by Crippen LogP contribution is -2.26. The second kappa shape index (κ2) is 10.6. The van der Waals surface area contributed by atoms with Gasteiger partial charge >= 0.3 is 11.7 Å². The molecule has 0 amide bonds. The van der Waals surface area contributed by atoms with Crippen LogP contribution in [0.2, 0.25) is 0 Å². The zero-order valence-corrected chi connectivity index (χ0v) is 19.5. The van der Waals surface area contributed by atoms with Crippen LogP contribution in [0.4, 0.5) is 5.69 Å². The molecule has 0 aliphatic carbocycles. The van der Waals surface area contributed by atoms with Gasteiger partial charge in [0.2, 0.25) is 0 Å². The molecule has 0 radical (unpaired) electrons. The molecule has 3 aromatic carbocycles. The number of hydrogen-bond donors (Lipinski definition) is 0. The molecule has 1 atom stereocenters. The first-order valence-electron chi connectivity index (χ1n) is 11.1. The molecule has 1 heterocycles. The van der Waals surface area contributed by atoms with Gasteiger partial charge in [-0.2, -0.15) is 9.78 Å². The van der Waals surface area contributed by atoms with E-state index in [-0.39, 0.29) is 23.6 Å². The van der Waals surface area contributed by atoms with E-state index in [1.165, 1.54) is 31.3 Å². The van der Waals surface area contributed by atoms with Gasteiger partial charge in [-0.1, -0.05) is 42.5 Å². The Morgan fingerprint density at radius 3 is 2.58 bits per heavy atom. The van der Waals surface area contributed by atoms with Crippen molar-refractivity contribution in [1.82, 2.24) is 9.66 Å². The molecule has 10 nitrogen and oxygen atoms in total. The molecule has 0 spiro atoms. The monoisotopic (exact) mass is 486 g/mol. The van der Waals surface area contributed by atoms with E-state index in [1.807, 2.05) is 30.3 Å². The number of hydrogen-bond acceptors (Lipinski definition) is 8. The number of carbonyl (C=O) groups excluding carboxylic acids is 1. The summed E-state index contributed by atoms with van der Waals surface area (Å²) in [5.41, 5.74) is 0.813. The normalized spacial score (nSPS) is 11.9. The number of carbonyl (C=O) groups is 1. The van der Waals surface area contributed by atoms with E-state index >= 15 is 0 Å². The first-order chi connectivity index (χ1) is 17.4. The third-order valence-corrected chi connectivity index (χ3v) is 5.21. The summed E-state index contributed by atoms with van der Waals surface area (Å²) in [6.45, 7) is 3.26. The number of nitro groups is 1. The smallest absolute Gasteiger partial charge is 0.347 e. The van der Waals surface area contributed by atoms with Crippen LogP contribution < -0.4 is 10.3 Å². The van der Waals surface area contributed by atoms with Crippen LogP contribution in [0.1, 0.15) is 19.4 Å². The lowest BCUT2D eigenvalue weighted by Gasteiger charge is -2.13. The van der Waals surface area contributed by atoms with Crippen LogP contribution >= 0.6 is 0 Å². The molecule has 0 aliphatic rings. The average molecular weight is 486 g/mol. The molecule has 4 rings (SSSR count). The molecule has 0 saturated heterocycles. The van der Waals surface area contributed by atoms with Crippen LogP contribution in [-0.2, 0) is 9.53 Å². The molecule has 10 heteroatoms. The molecular formula is C26H22N4O6. The zero-order valence-electron chi connectivity index (χ0n) is 19.5. The molecule has 0 aliphatic heterocycles. The maximum Gasteiger partial charge on any atom is 0.347 e. The largest absolute Gasteiger partial charge is 0.472 e. The molecule has 182 valence electrons. The van der Waals surface area contributed by atoms with Gasteiger partial charge in [0.25, 0.3) is 5.56 Å². The number of nitro benzene ring substituents is 1. The van der Waals surface area contributed by atoms with Crippen molar-refractivity contribution in [3.8, 4) is 17.1 Å². The number of para-hydroxylation sites is 1. The van der Waals surface area contributed by atoms with Gasteiger partial charge in [0.05, 0.1) is 28.6 Å². The predicted molar refractivity (Wildman–Crippen MR) is 134 cm³/mol. The molecule has 4 aromatic rings. The Labute approximate surface area is 205 Å². The number of aromatic nitrogens is 2. The highest BCUT2D eigenvalue weighted by atomic mass is 16.6. The topological polar surface area (TPSA) is 126 Å². The number of rotatable bonds is 8. The summed E-state index contributed by atoms with van der Waals surface area (Å²) in [5.74, 6) is -0.394. The Morgan fingerprint density at radius 2 is 1.86 bits per heavy atom. The Balaban J connectivity index is 1.74. The molecule has 0 bridgehead atoms. The van der Waals surface area contributed by atoms with Gasteiger partial charge in [0.15, 0.2) is 17.7 Å². The molecule has 1 aromatic heterocycles. The van der Waals surface area contributed by atoms with Crippen molar-refractivity contribution in [3.63, 3.8) is 0 Å². The van der Waals surface area contributed by atoms with Gasteiger partial charge in [-0.05, 0) is 38.1 Å². The number of ether oxygens (including phenoxy) is 2. The van der Waals surface area contributed by atoms with Crippen LogP contribution in [0.5, 0.6) is 5.75 Å². The fraction of sp³-hybridized carbons (Fsp3) is 0.154. The Hall–Kier alpha value is -4.86. The quantitative estimate of drug-likeness (QED) is 0.158. The molecule has 36 heavy (non-hydrogen) atoms. The van der Waals surface area contributed by atoms with Gasteiger partial charge in [0.1, 0.15) is 0 Å². The van der Waals surface area contributed by atoms with E-state index < -0.39 is 17.0 Å². The summed E-state index contributed by atoms with van der Waals surface area (Å²) in [7, 11) is 0. The molecule has 0 fully saturated rings. The Kier molecular flexibility index (Phi) is 7.15. The molecule has 0 saturated carbocycles. The second-order valence-electron chi connectivity index (χ2n) is 7.68. The highest BCUT2D eigenvalue weighted by Gasteiger charge is 2.22. The lowest BCUT2D eigenvalue weighted by molar-refractivity contribution is -0.386. The minimum Gasteiger partial charge on any atom is -0.472 e. The summed E-state index contributed by atoms with van der Waals surface area (Å²) in [5, 5.41) is 16.4. The number of esters is 1. The van der Waals surface area contributed by atoms with Crippen molar-refractivity contribution in [2.24, 2.45) is 5.10 Å². The standard InChI is InChI=1S/C26H22N4O6/c1-3-35-26(32)17(2)36-23-14-13-18(15-22(23)30(33)34)16-27-29-24(19-9-5-4-6-10-19)28-21-12-8-7-11-20(21)25(29)31/h4-17H,3H2,1-2H3/t17-/m0/s1. The van der Waals surface area contributed by atoms with Crippen molar-refractivity contribution in [3.05, 3.63) is 98.8 Å². The summed E-state index contributed by atoms with van der Waals surface area (Å²) >= 11 is 0. The molecule has 0 N–H and O–H groups in total. The number of benzene rings is 3. The first kappa shape index (κ1) is 24.3. The summed E-state index contributed by atoms with van der Waals surface area (Å²) < 4.78 is 11.5. The maximum atomic E-state index is 13.2. The van der Waals surface area contributed by atoms with E-state index in [4.69, 9.17) is 9.47 Å². The van der Waals surface area contributed by atoms with Gasteiger partial charge in [0, 0.05) is 17.2 Å². The highest BCUT2D eigenvalue weighted by molar-refractivity contribution is 5.83. The van der Waals surface area contributed by atoms with Crippen LogP contribution in [0.3, 0.4) is 0 Å². The predicted octanol–water partition coefficient (Wildman–Crippen LogP) is 4.18. The van der Waals surface area contributed by atoms with Crippen molar-refractivity contribution in [2.45, 2.75) is 20.0 Å². The van der Waals surface area contributed by atoms with E-state index in [2.05, 4.69) is 10.1 Å². The molecule has 0 unspecified atom stereocenters. The van der Waals surface area contributed by atoms with Gasteiger partial charge in [-0.3, -0.25) is 14.9 Å². The minimum absolute atomic E-state index is 0.0905. The zero-order chi connectivity index (χ0) is 25.7. The fourth-order valence-corrected chi connectivity index (χ4v) is 3.48. The van der Waals surface area contributed by atoms with Gasteiger partial charge in [-0.25, -0.2) is 9.78 Å². The van der Waals surface area contributed by atoms with Crippen LogP contribution in [0.25, 0.3) is 22.3 Å². The minimum atomic E-state index is -1.03. The van der Waals surface area contributed by atoms with Crippen LogP contribution in [0.15, 0.2) is 82.7 Å². The third kappa shape index (κ3) is 5.12. The number of fused-ring (bicyclic) bond motifs is 1. The van der Waals surface area contributed by atoms with Crippen LogP contribution in [0, 0.1) is 10.1 Å². The summed E-state index contributed by atoms with van der Waals surface area (Å²) in [6, 6.07) is 20.2. The van der Waals surface area contributed by atoms with E-state index in [0.717, 1.165) is 4.68 Å². The van der Waals surface area contributed by atoms with Gasteiger partial charge < -0.3 is 9.47 Å². The third-order valence-electron chi connectivity index (χ3n) is 5.21. The van der Waals surface area contributed by atoms with E-state index in [0.29, 0.717) is 27.9 Å². The SMILES string of the molecule is CCOC(=O)[C@H](C)Oc1ccc(C=Nn2c(-c3ccccc3)nc3ccccc3c2=O)cc1[N+](=O)[O-]. The maximum absolute atomic E-state index is 13.2. The Bertz CT molecular complexity index is 1510. The van der Waals surface area contributed by atoms with Crippen molar-refractivity contribution < 1.29 is 19.2 Å². The van der Waals surface area contributed by atoms with Crippen molar-refractivity contribution in [1.29, 1.82) is 0 Å². The highest BCUT2D eigenvalue weighted by Crippen LogP contribution is 2.29. The van der Waals surface area contributed by atoms with E-state index in [9.17, 15) is 19.7 Å². The van der Waals surface area contributed by atoms with Crippen molar-refractivity contribution >= 4 is 28.8 Å². The average Bonchev–Trinajstić information content (AvgIpc) is 2.89. The fourth-order valence-electron chi connectivity index (χ4n) is 3.48. The molecular weight excluding hydrogens is 464 g/mol. The van der Waals surface area contributed by atoms with Crippen LogP contribution in [-0.4, -0.2) is 39.5 Å². The Morgan fingerprint density at radius 1 is 1.14 bits per heavy atom. The number of nitrogens with zero attached hydrogens (tertiary/aromatic N) is 4. The second-order valence-corrected chi connectivity index (χ2v) is 7.68. The summed E-state index contributed by atoms with van der Waals surface area (Å²) in [6.07, 6.45) is 0.300. The van der Waals surface area contributed by atoms with E-state index in [1.54, 1.807) is 31.2 Å².